The lowest BCUT2D eigenvalue weighted by atomic mass is 9.87. The minimum Gasteiger partial charge on any atom is -0.355 e. The first-order chi connectivity index (χ1) is 9.78. The molecular formula is C16H33IN4. The van der Waals surface area contributed by atoms with Gasteiger partial charge in [-0.2, -0.15) is 0 Å². The summed E-state index contributed by atoms with van der Waals surface area (Å²) in [5.74, 6) is 1.89. The maximum Gasteiger partial charge on any atom is 0.191 e. The smallest absolute Gasteiger partial charge is 0.191 e. The Bertz CT molecular complexity index is 295. The van der Waals surface area contributed by atoms with Crippen molar-refractivity contribution in [3.8, 4) is 0 Å². The molecule has 0 atom stereocenters. The number of hydrogen-bond donors (Lipinski definition) is 2. The molecule has 0 aromatic carbocycles. The van der Waals surface area contributed by atoms with E-state index in [0.29, 0.717) is 6.04 Å². The van der Waals surface area contributed by atoms with Gasteiger partial charge in [0.05, 0.1) is 0 Å². The Hall–Kier alpha value is -0.0400. The summed E-state index contributed by atoms with van der Waals surface area (Å²) in [6, 6.07) is 0.618. The second kappa shape index (κ2) is 10.6. The first-order valence-corrected chi connectivity index (χ1v) is 8.47. The molecule has 2 fully saturated rings. The van der Waals surface area contributed by atoms with Crippen LogP contribution in [0.2, 0.25) is 0 Å². The lowest BCUT2D eigenvalue weighted by molar-refractivity contribution is 0.232. The molecule has 0 unspecified atom stereocenters. The SMILES string of the molecule is CN=C(NCCN1CCCCC1)NC1CCC(C)CC1.I. The zero-order valence-corrected chi connectivity index (χ0v) is 16.1. The number of aliphatic imine (C=N–C) groups is 1. The summed E-state index contributed by atoms with van der Waals surface area (Å²) in [4.78, 5) is 6.92. The van der Waals surface area contributed by atoms with E-state index in [-0.39, 0.29) is 24.0 Å². The highest BCUT2D eigenvalue weighted by molar-refractivity contribution is 14.0. The van der Waals surface area contributed by atoms with Gasteiger partial charge >= 0.3 is 0 Å². The zero-order chi connectivity index (χ0) is 14.2. The lowest BCUT2D eigenvalue weighted by Gasteiger charge is -2.29. The highest BCUT2D eigenvalue weighted by Gasteiger charge is 2.18. The monoisotopic (exact) mass is 408 g/mol. The van der Waals surface area contributed by atoms with Crippen molar-refractivity contribution in [1.29, 1.82) is 0 Å². The van der Waals surface area contributed by atoms with Gasteiger partial charge < -0.3 is 15.5 Å². The number of hydrogen-bond acceptors (Lipinski definition) is 2. The first kappa shape index (κ1) is 19.0. The van der Waals surface area contributed by atoms with E-state index in [0.717, 1.165) is 25.0 Å². The van der Waals surface area contributed by atoms with Crippen LogP contribution in [0.1, 0.15) is 51.9 Å². The summed E-state index contributed by atoms with van der Waals surface area (Å²) < 4.78 is 0. The van der Waals surface area contributed by atoms with E-state index < -0.39 is 0 Å². The van der Waals surface area contributed by atoms with Crippen molar-refractivity contribution in [3.63, 3.8) is 0 Å². The third kappa shape index (κ3) is 7.17. The molecule has 21 heavy (non-hydrogen) atoms. The Morgan fingerprint density at radius 1 is 1.10 bits per heavy atom. The van der Waals surface area contributed by atoms with E-state index in [1.165, 1.54) is 58.0 Å². The molecule has 0 aromatic rings. The van der Waals surface area contributed by atoms with Gasteiger partial charge in [0.15, 0.2) is 5.96 Å². The van der Waals surface area contributed by atoms with E-state index >= 15 is 0 Å². The lowest BCUT2D eigenvalue weighted by Crippen LogP contribution is -2.47. The molecule has 4 nitrogen and oxygen atoms in total. The van der Waals surface area contributed by atoms with Crippen LogP contribution in [0.4, 0.5) is 0 Å². The standard InChI is InChI=1S/C16H32N4.HI/c1-14-6-8-15(9-7-14)19-16(17-2)18-10-13-20-11-4-3-5-12-20;/h14-15H,3-13H2,1-2H3,(H2,17,18,19);1H. The van der Waals surface area contributed by atoms with Gasteiger partial charge in [-0.1, -0.05) is 13.3 Å². The topological polar surface area (TPSA) is 39.7 Å². The van der Waals surface area contributed by atoms with Crippen LogP contribution in [0, 0.1) is 5.92 Å². The average molecular weight is 408 g/mol. The van der Waals surface area contributed by atoms with E-state index in [1.807, 2.05) is 7.05 Å². The van der Waals surface area contributed by atoms with Gasteiger partial charge in [-0.3, -0.25) is 4.99 Å². The molecule has 5 heteroatoms. The van der Waals surface area contributed by atoms with Gasteiger partial charge in [0.1, 0.15) is 0 Å². The van der Waals surface area contributed by atoms with E-state index in [4.69, 9.17) is 0 Å². The predicted molar refractivity (Wildman–Crippen MR) is 102 cm³/mol. The second-order valence-corrected chi connectivity index (χ2v) is 6.50. The third-order valence-corrected chi connectivity index (χ3v) is 4.75. The van der Waals surface area contributed by atoms with Crippen molar-refractivity contribution in [2.75, 3.05) is 33.2 Å². The number of likely N-dealkylation sites (tertiary alicyclic amines) is 1. The number of halogens is 1. The minimum atomic E-state index is 0. The highest BCUT2D eigenvalue weighted by Crippen LogP contribution is 2.23. The number of rotatable bonds is 4. The quantitative estimate of drug-likeness (QED) is 0.427. The fraction of sp³-hybridized carbons (Fsp3) is 0.938. The molecule has 0 aromatic heterocycles. The summed E-state index contributed by atoms with van der Waals surface area (Å²) in [6.07, 6.45) is 9.42. The van der Waals surface area contributed by atoms with Crippen molar-refractivity contribution in [1.82, 2.24) is 15.5 Å². The minimum absolute atomic E-state index is 0. The van der Waals surface area contributed by atoms with Crippen LogP contribution >= 0.6 is 24.0 Å². The number of nitrogens with one attached hydrogen (secondary N) is 2. The molecule has 0 radical (unpaired) electrons. The number of nitrogens with zero attached hydrogens (tertiary/aromatic N) is 2. The molecule has 2 N–H and O–H groups in total. The van der Waals surface area contributed by atoms with Crippen LogP contribution in [0.3, 0.4) is 0 Å². The van der Waals surface area contributed by atoms with Gasteiger partial charge in [0.25, 0.3) is 0 Å². The Labute approximate surface area is 147 Å². The number of piperidine rings is 1. The molecule has 0 spiro atoms. The number of guanidine groups is 1. The van der Waals surface area contributed by atoms with Crippen molar-refractivity contribution < 1.29 is 0 Å². The molecule has 1 saturated heterocycles. The molecule has 1 aliphatic carbocycles. The van der Waals surface area contributed by atoms with Crippen molar-refractivity contribution in [2.45, 2.75) is 57.9 Å². The molecule has 1 aliphatic heterocycles. The van der Waals surface area contributed by atoms with Crippen LogP contribution in [0.15, 0.2) is 4.99 Å². The van der Waals surface area contributed by atoms with Crippen LogP contribution in [-0.2, 0) is 0 Å². The summed E-state index contributed by atoms with van der Waals surface area (Å²) in [5.41, 5.74) is 0. The zero-order valence-electron chi connectivity index (χ0n) is 13.7. The summed E-state index contributed by atoms with van der Waals surface area (Å²) in [6.45, 7) is 7.05. The third-order valence-electron chi connectivity index (χ3n) is 4.75. The predicted octanol–water partition coefficient (Wildman–Crippen LogP) is 2.83. The molecule has 0 bridgehead atoms. The molecule has 1 heterocycles. The summed E-state index contributed by atoms with van der Waals surface area (Å²) in [5, 5.41) is 7.06. The maximum atomic E-state index is 4.36. The molecule has 0 amide bonds. The van der Waals surface area contributed by atoms with Crippen LogP contribution < -0.4 is 10.6 Å². The van der Waals surface area contributed by atoms with Crippen molar-refractivity contribution in [3.05, 3.63) is 0 Å². The molecule has 1 saturated carbocycles. The molecule has 2 rings (SSSR count). The molecule has 124 valence electrons. The first-order valence-electron chi connectivity index (χ1n) is 8.47. The van der Waals surface area contributed by atoms with E-state index in [1.54, 1.807) is 0 Å². The molecular weight excluding hydrogens is 375 g/mol. The van der Waals surface area contributed by atoms with Crippen molar-refractivity contribution in [2.24, 2.45) is 10.9 Å². The fourth-order valence-electron chi connectivity index (χ4n) is 3.31. The normalized spacial score (nSPS) is 27.8. The maximum absolute atomic E-state index is 4.36. The van der Waals surface area contributed by atoms with Crippen LogP contribution in [0.5, 0.6) is 0 Å². The van der Waals surface area contributed by atoms with Crippen molar-refractivity contribution >= 4 is 29.9 Å². The van der Waals surface area contributed by atoms with Crippen LogP contribution in [-0.4, -0.2) is 50.1 Å². The van der Waals surface area contributed by atoms with E-state index in [9.17, 15) is 0 Å². The fourth-order valence-corrected chi connectivity index (χ4v) is 3.31. The van der Waals surface area contributed by atoms with Gasteiger partial charge in [-0.25, -0.2) is 0 Å². The Kier molecular flexibility index (Phi) is 9.64. The van der Waals surface area contributed by atoms with Gasteiger partial charge in [-0.05, 0) is 57.5 Å². The average Bonchev–Trinajstić information content (AvgIpc) is 2.49. The summed E-state index contributed by atoms with van der Waals surface area (Å²) in [7, 11) is 1.88. The Morgan fingerprint density at radius 3 is 2.38 bits per heavy atom. The van der Waals surface area contributed by atoms with Gasteiger partial charge in [-0.15, -0.1) is 24.0 Å². The largest absolute Gasteiger partial charge is 0.355 e. The van der Waals surface area contributed by atoms with Gasteiger partial charge in [0, 0.05) is 26.2 Å². The highest BCUT2D eigenvalue weighted by atomic mass is 127. The molecule has 2 aliphatic rings. The Morgan fingerprint density at radius 2 is 1.76 bits per heavy atom. The summed E-state index contributed by atoms with van der Waals surface area (Å²) >= 11 is 0. The van der Waals surface area contributed by atoms with Crippen LogP contribution in [0.25, 0.3) is 0 Å². The second-order valence-electron chi connectivity index (χ2n) is 6.50. The van der Waals surface area contributed by atoms with E-state index in [2.05, 4.69) is 27.4 Å². The Balaban J connectivity index is 0.00000220. The van der Waals surface area contributed by atoms with Gasteiger partial charge in [0.2, 0.25) is 0 Å².